The zero-order valence-corrected chi connectivity index (χ0v) is 17.8. The summed E-state index contributed by atoms with van der Waals surface area (Å²) in [5.41, 5.74) is 5.87. The molecule has 4 rings (SSSR count). The number of hydrogen-bond donors (Lipinski definition) is 2. The molecule has 8 nitrogen and oxygen atoms in total. The first-order valence-corrected chi connectivity index (χ1v) is 10.1. The molecular formula is C23H19ClN6O2. The number of rotatable bonds is 7. The number of nitrogens with one attached hydrogen (secondary N) is 2. The van der Waals surface area contributed by atoms with Gasteiger partial charge in [0, 0.05) is 10.7 Å². The lowest BCUT2D eigenvalue weighted by Crippen LogP contribution is -2.26. The first-order valence-electron chi connectivity index (χ1n) is 9.72. The first-order chi connectivity index (χ1) is 15.5. The van der Waals surface area contributed by atoms with Crippen molar-refractivity contribution < 1.29 is 4.92 Å². The van der Waals surface area contributed by atoms with Crippen LogP contribution in [0.2, 0.25) is 5.02 Å². The van der Waals surface area contributed by atoms with E-state index in [4.69, 9.17) is 11.6 Å². The van der Waals surface area contributed by atoms with Crippen LogP contribution in [-0.4, -0.2) is 14.9 Å². The van der Waals surface area contributed by atoms with Crippen LogP contribution in [-0.2, 0) is 0 Å². The van der Waals surface area contributed by atoms with E-state index in [1.807, 2.05) is 67.6 Å². The monoisotopic (exact) mass is 446 g/mol. The van der Waals surface area contributed by atoms with Crippen LogP contribution in [0.1, 0.15) is 5.56 Å². The average molecular weight is 447 g/mol. The third-order valence-electron chi connectivity index (χ3n) is 4.69. The zero-order chi connectivity index (χ0) is 22.5. The van der Waals surface area contributed by atoms with Crippen molar-refractivity contribution in [2.24, 2.45) is 0 Å². The molecule has 9 heteroatoms. The molecule has 0 fully saturated rings. The molecule has 0 spiro atoms. The van der Waals surface area contributed by atoms with Gasteiger partial charge in [-0.3, -0.25) is 20.5 Å². The second-order valence-corrected chi connectivity index (χ2v) is 7.32. The summed E-state index contributed by atoms with van der Waals surface area (Å²) in [5, 5.41) is 17.4. The summed E-state index contributed by atoms with van der Waals surface area (Å²) in [5.74, 6) is 0.116. The lowest BCUT2D eigenvalue weighted by molar-refractivity contribution is -0.383. The minimum absolute atomic E-state index is 0.0480. The highest BCUT2D eigenvalue weighted by molar-refractivity contribution is 6.30. The van der Waals surface area contributed by atoms with Crippen molar-refractivity contribution in [2.75, 3.05) is 15.8 Å². The van der Waals surface area contributed by atoms with Crippen molar-refractivity contribution >= 4 is 46.0 Å². The van der Waals surface area contributed by atoms with Crippen LogP contribution in [0.15, 0.2) is 85.2 Å². The predicted octanol–water partition coefficient (Wildman–Crippen LogP) is 6.26. The van der Waals surface area contributed by atoms with Crippen molar-refractivity contribution in [1.82, 2.24) is 9.97 Å². The summed E-state index contributed by atoms with van der Waals surface area (Å²) >= 11 is 6.02. The molecule has 0 unspecified atom stereocenters. The van der Waals surface area contributed by atoms with Gasteiger partial charge >= 0.3 is 5.69 Å². The van der Waals surface area contributed by atoms with Crippen LogP contribution < -0.4 is 15.8 Å². The number of aryl methyl sites for hydroxylation is 1. The summed E-state index contributed by atoms with van der Waals surface area (Å²) in [6.45, 7) is 1.85. The Balaban J connectivity index is 1.75. The van der Waals surface area contributed by atoms with Crippen molar-refractivity contribution in [3.8, 4) is 0 Å². The minimum Gasteiger partial charge on any atom is -0.334 e. The molecule has 0 saturated carbocycles. The molecule has 0 aliphatic heterocycles. The highest BCUT2D eigenvalue weighted by Crippen LogP contribution is 2.35. The maximum absolute atomic E-state index is 12.0. The summed E-state index contributed by atoms with van der Waals surface area (Å²) < 4.78 is 0. The Hall–Kier alpha value is -4.17. The van der Waals surface area contributed by atoms with E-state index in [2.05, 4.69) is 20.7 Å². The van der Waals surface area contributed by atoms with Gasteiger partial charge in [-0.15, -0.1) is 0 Å². The molecule has 160 valence electrons. The summed E-state index contributed by atoms with van der Waals surface area (Å²) in [6.07, 6.45) is 1.27. The Kier molecular flexibility index (Phi) is 6.14. The number of aromatic nitrogens is 2. The molecule has 0 amide bonds. The summed E-state index contributed by atoms with van der Waals surface area (Å²) in [6, 6.07) is 24.1. The number of nitro groups is 1. The van der Waals surface area contributed by atoms with Crippen LogP contribution >= 0.6 is 11.6 Å². The van der Waals surface area contributed by atoms with Gasteiger partial charge in [0.25, 0.3) is 0 Å². The quantitative estimate of drug-likeness (QED) is 0.255. The molecule has 0 aliphatic carbocycles. The lowest BCUT2D eigenvalue weighted by atomic mass is 10.2. The summed E-state index contributed by atoms with van der Waals surface area (Å²) in [4.78, 5) is 19.8. The Morgan fingerprint density at radius 3 is 2.06 bits per heavy atom. The number of hydrazine groups is 1. The van der Waals surface area contributed by atoms with Crippen molar-refractivity contribution in [3.63, 3.8) is 0 Å². The predicted molar refractivity (Wildman–Crippen MR) is 127 cm³/mol. The number of nitrogens with zero attached hydrogens (tertiary/aromatic N) is 4. The lowest BCUT2D eigenvalue weighted by Gasteiger charge is -2.26. The van der Waals surface area contributed by atoms with Crippen molar-refractivity contribution in [1.29, 1.82) is 0 Å². The van der Waals surface area contributed by atoms with Crippen LogP contribution in [0.25, 0.3) is 0 Å². The van der Waals surface area contributed by atoms with E-state index in [1.54, 1.807) is 23.2 Å². The van der Waals surface area contributed by atoms with Crippen molar-refractivity contribution in [3.05, 3.63) is 106 Å². The van der Waals surface area contributed by atoms with Gasteiger partial charge < -0.3 is 5.32 Å². The van der Waals surface area contributed by atoms with E-state index >= 15 is 0 Å². The molecule has 0 atom stereocenters. The Morgan fingerprint density at radius 2 is 1.50 bits per heavy atom. The molecule has 1 heterocycles. The van der Waals surface area contributed by atoms with Crippen LogP contribution in [0.3, 0.4) is 0 Å². The Labute approximate surface area is 189 Å². The number of hydrogen-bond acceptors (Lipinski definition) is 7. The molecule has 3 aromatic carbocycles. The molecule has 0 aliphatic rings. The largest absolute Gasteiger partial charge is 0.355 e. The van der Waals surface area contributed by atoms with Gasteiger partial charge in [-0.25, -0.2) is 9.97 Å². The normalized spacial score (nSPS) is 10.4. The van der Waals surface area contributed by atoms with Gasteiger partial charge in [-0.2, -0.15) is 0 Å². The topological polar surface area (TPSA) is 96.2 Å². The minimum atomic E-state index is -0.510. The van der Waals surface area contributed by atoms with E-state index in [1.165, 1.54) is 6.33 Å². The molecule has 0 saturated heterocycles. The number of anilines is 5. The molecule has 0 radical (unpaired) electrons. The van der Waals surface area contributed by atoms with E-state index in [0.717, 1.165) is 16.9 Å². The summed E-state index contributed by atoms with van der Waals surface area (Å²) in [7, 11) is 0. The van der Waals surface area contributed by atoms with Gasteiger partial charge in [-0.05, 0) is 55.0 Å². The number of halogens is 1. The van der Waals surface area contributed by atoms with E-state index in [0.29, 0.717) is 10.7 Å². The molecule has 2 N–H and O–H groups in total. The maximum atomic E-state index is 12.0. The van der Waals surface area contributed by atoms with Crippen LogP contribution in [0.5, 0.6) is 0 Å². The van der Waals surface area contributed by atoms with E-state index in [9.17, 15) is 10.1 Å². The first kappa shape index (κ1) is 21.1. The fourth-order valence-electron chi connectivity index (χ4n) is 3.16. The molecule has 0 bridgehead atoms. The van der Waals surface area contributed by atoms with Crippen LogP contribution in [0.4, 0.5) is 34.4 Å². The number of para-hydroxylation sites is 2. The van der Waals surface area contributed by atoms with E-state index < -0.39 is 4.92 Å². The van der Waals surface area contributed by atoms with Gasteiger partial charge in [0.2, 0.25) is 11.6 Å². The smallest absolute Gasteiger partial charge is 0.334 e. The molecule has 32 heavy (non-hydrogen) atoms. The molecule has 4 aromatic rings. The van der Waals surface area contributed by atoms with Gasteiger partial charge in [0.15, 0.2) is 0 Å². The third kappa shape index (κ3) is 4.60. The molecule has 1 aromatic heterocycles. The Morgan fingerprint density at radius 1 is 0.906 bits per heavy atom. The average Bonchev–Trinajstić information content (AvgIpc) is 2.80. The van der Waals surface area contributed by atoms with Crippen molar-refractivity contribution in [2.45, 2.75) is 6.92 Å². The van der Waals surface area contributed by atoms with Gasteiger partial charge in [0.05, 0.1) is 16.3 Å². The SMILES string of the molecule is Cc1cc(Cl)ccc1Nc1ncnc(NN(c2ccccc2)c2ccccc2)c1[N+](=O)[O-]. The standard InChI is InChI=1S/C23H19ClN6O2/c1-16-14-17(24)12-13-20(16)27-22-21(30(31)32)23(26-15-25-22)28-29(18-8-4-2-5-9-18)19-10-6-3-7-11-19/h2-15H,1H3,(H2,25,26,27,28). The third-order valence-corrected chi connectivity index (χ3v) is 4.93. The Bertz CT molecular complexity index is 1200. The fraction of sp³-hybridized carbons (Fsp3) is 0.0435. The van der Waals surface area contributed by atoms with E-state index in [-0.39, 0.29) is 17.3 Å². The fourth-order valence-corrected chi connectivity index (χ4v) is 3.38. The second kappa shape index (κ2) is 9.32. The maximum Gasteiger partial charge on any atom is 0.355 e. The highest BCUT2D eigenvalue weighted by atomic mass is 35.5. The zero-order valence-electron chi connectivity index (χ0n) is 17.1. The van der Waals surface area contributed by atoms with Crippen LogP contribution in [0, 0.1) is 17.0 Å². The van der Waals surface area contributed by atoms with Gasteiger partial charge in [0.1, 0.15) is 6.33 Å². The van der Waals surface area contributed by atoms with Gasteiger partial charge in [-0.1, -0.05) is 48.0 Å². The highest BCUT2D eigenvalue weighted by Gasteiger charge is 2.25. The number of benzene rings is 3. The molecular weight excluding hydrogens is 428 g/mol. The second-order valence-electron chi connectivity index (χ2n) is 6.88.